The minimum absolute atomic E-state index is 0.0158. The van der Waals surface area contributed by atoms with Crippen LogP contribution in [0.25, 0.3) is 0 Å². The Bertz CT molecular complexity index is 567. The first-order chi connectivity index (χ1) is 8.69. The van der Waals surface area contributed by atoms with Crippen molar-refractivity contribution in [2.45, 2.75) is 16.7 Å². The molecule has 0 spiro atoms. The second-order valence-electron chi connectivity index (χ2n) is 3.78. The van der Waals surface area contributed by atoms with Gasteiger partial charge in [-0.15, -0.1) is 0 Å². The largest absolute Gasteiger partial charge is 0.409 e. The number of aryl methyl sites for hydroxylation is 1. The standard InChI is InChI=1S/C13H13N3OS/c1-9-3-2-4-10(7-9)18-11-5-6-12(15-8-11)13(14)16-17/h2-8,17H,1H3,(H2,14,16). The van der Waals surface area contributed by atoms with Gasteiger partial charge in [-0.05, 0) is 31.2 Å². The average Bonchev–Trinajstić information content (AvgIpc) is 2.39. The highest BCUT2D eigenvalue weighted by molar-refractivity contribution is 7.99. The quantitative estimate of drug-likeness (QED) is 0.385. The minimum Gasteiger partial charge on any atom is -0.409 e. The Labute approximate surface area is 110 Å². The number of hydrogen-bond donors (Lipinski definition) is 2. The highest BCUT2D eigenvalue weighted by Gasteiger charge is 2.02. The molecule has 2 aromatic rings. The lowest BCUT2D eigenvalue weighted by molar-refractivity contribution is 0.318. The number of amidine groups is 1. The fourth-order valence-electron chi connectivity index (χ4n) is 1.46. The Morgan fingerprint density at radius 1 is 1.28 bits per heavy atom. The molecule has 18 heavy (non-hydrogen) atoms. The van der Waals surface area contributed by atoms with Gasteiger partial charge < -0.3 is 10.9 Å². The Balaban J connectivity index is 2.16. The molecule has 4 nitrogen and oxygen atoms in total. The summed E-state index contributed by atoms with van der Waals surface area (Å²) in [5.41, 5.74) is 7.13. The maximum absolute atomic E-state index is 8.54. The molecule has 0 saturated carbocycles. The summed E-state index contributed by atoms with van der Waals surface area (Å²) in [6, 6.07) is 11.9. The molecular formula is C13H13N3OS. The maximum Gasteiger partial charge on any atom is 0.188 e. The van der Waals surface area contributed by atoms with Gasteiger partial charge in [0.1, 0.15) is 5.69 Å². The summed E-state index contributed by atoms with van der Waals surface area (Å²) >= 11 is 1.62. The van der Waals surface area contributed by atoms with Gasteiger partial charge in [-0.3, -0.25) is 4.98 Å². The van der Waals surface area contributed by atoms with Crippen molar-refractivity contribution < 1.29 is 5.21 Å². The van der Waals surface area contributed by atoms with Crippen molar-refractivity contribution in [2.24, 2.45) is 10.9 Å². The Hall–Kier alpha value is -2.01. The van der Waals surface area contributed by atoms with Crippen LogP contribution in [0.15, 0.2) is 57.5 Å². The van der Waals surface area contributed by atoms with E-state index in [1.165, 1.54) is 5.56 Å². The predicted molar refractivity (Wildman–Crippen MR) is 72.0 cm³/mol. The van der Waals surface area contributed by atoms with E-state index < -0.39 is 0 Å². The van der Waals surface area contributed by atoms with Gasteiger partial charge in [-0.2, -0.15) is 0 Å². The van der Waals surface area contributed by atoms with Gasteiger partial charge in [0.2, 0.25) is 0 Å². The van der Waals surface area contributed by atoms with E-state index in [4.69, 9.17) is 10.9 Å². The first-order valence-corrected chi connectivity index (χ1v) is 6.19. The van der Waals surface area contributed by atoms with Crippen molar-refractivity contribution in [1.29, 1.82) is 0 Å². The Kier molecular flexibility index (Phi) is 3.84. The average molecular weight is 259 g/mol. The molecule has 0 aliphatic carbocycles. The highest BCUT2D eigenvalue weighted by atomic mass is 32.2. The van der Waals surface area contributed by atoms with E-state index in [1.54, 1.807) is 24.0 Å². The van der Waals surface area contributed by atoms with E-state index in [2.05, 4.69) is 35.3 Å². The van der Waals surface area contributed by atoms with Crippen LogP contribution in [0, 0.1) is 6.92 Å². The molecule has 0 radical (unpaired) electrons. The van der Waals surface area contributed by atoms with Crippen LogP contribution in [0.4, 0.5) is 0 Å². The Morgan fingerprint density at radius 3 is 2.72 bits per heavy atom. The van der Waals surface area contributed by atoms with E-state index >= 15 is 0 Å². The third kappa shape index (κ3) is 3.01. The molecule has 0 atom stereocenters. The van der Waals surface area contributed by atoms with Crippen molar-refractivity contribution >= 4 is 17.6 Å². The maximum atomic E-state index is 8.54. The fourth-order valence-corrected chi connectivity index (χ4v) is 2.36. The van der Waals surface area contributed by atoms with Crippen LogP contribution in [-0.4, -0.2) is 16.0 Å². The molecule has 5 heteroatoms. The van der Waals surface area contributed by atoms with E-state index in [1.807, 2.05) is 12.1 Å². The minimum atomic E-state index is 0.0158. The zero-order valence-corrected chi connectivity index (χ0v) is 10.7. The van der Waals surface area contributed by atoms with Crippen LogP contribution in [-0.2, 0) is 0 Å². The number of benzene rings is 1. The second kappa shape index (κ2) is 5.55. The number of oxime groups is 1. The molecule has 0 amide bonds. The van der Waals surface area contributed by atoms with Gasteiger partial charge in [0.25, 0.3) is 0 Å². The number of nitrogens with two attached hydrogens (primary N) is 1. The molecule has 0 saturated heterocycles. The molecule has 92 valence electrons. The van der Waals surface area contributed by atoms with Crippen molar-refractivity contribution in [3.8, 4) is 0 Å². The van der Waals surface area contributed by atoms with Gasteiger partial charge >= 0.3 is 0 Å². The molecule has 1 heterocycles. The molecule has 3 N–H and O–H groups in total. The highest BCUT2D eigenvalue weighted by Crippen LogP contribution is 2.27. The smallest absolute Gasteiger partial charge is 0.188 e. The summed E-state index contributed by atoms with van der Waals surface area (Å²) in [4.78, 5) is 6.30. The number of hydrogen-bond acceptors (Lipinski definition) is 4. The number of pyridine rings is 1. The van der Waals surface area contributed by atoms with Gasteiger partial charge in [-0.25, -0.2) is 0 Å². The summed E-state index contributed by atoms with van der Waals surface area (Å²) in [5, 5.41) is 11.5. The number of nitrogens with zero attached hydrogens (tertiary/aromatic N) is 2. The zero-order chi connectivity index (χ0) is 13.0. The molecule has 0 aliphatic heterocycles. The molecule has 0 aliphatic rings. The monoisotopic (exact) mass is 259 g/mol. The topological polar surface area (TPSA) is 71.5 Å². The molecule has 0 bridgehead atoms. The van der Waals surface area contributed by atoms with Gasteiger partial charge in [-0.1, -0.05) is 34.6 Å². The summed E-state index contributed by atoms with van der Waals surface area (Å²) in [5.74, 6) is 0.0158. The lowest BCUT2D eigenvalue weighted by atomic mass is 10.2. The third-order valence-electron chi connectivity index (χ3n) is 2.33. The van der Waals surface area contributed by atoms with E-state index in [0.717, 1.165) is 9.79 Å². The molecule has 0 unspecified atom stereocenters. The summed E-state index contributed by atoms with van der Waals surface area (Å²) in [6.07, 6.45) is 1.71. The third-order valence-corrected chi connectivity index (χ3v) is 3.30. The molecule has 1 aromatic carbocycles. The lowest BCUT2D eigenvalue weighted by Crippen LogP contribution is -2.14. The van der Waals surface area contributed by atoms with Crippen molar-refractivity contribution in [2.75, 3.05) is 0 Å². The first kappa shape index (κ1) is 12.4. The van der Waals surface area contributed by atoms with Crippen LogP contribution in [0.1, 0.15) is 11.3 Å². The van der Waals surface area contributed by atoms with Gasteiger partial charge in [0, 0.05) is 16.0 Å². The zero-order valence-electron chi connectivity index (χ0n) is 9.87. The molecule has 0 fully saturated rings. The molecule has 1 aromatic heterocycles. The predicted octanol–water partition coefficient (Wildman–Crippen LogP) is 2.64. The summed E-state index contributed by atoms with van der Waals surface area (Å²) in [6.45, 7) is 2.06. The van der Waals surface area contributed by atoms with Crippen LogP contribution in [0.2, 0.25) is 0 Å². The molecule has 2 rings (SSSR count). The number of aromatic nitrogens is 1. The normalized spacial score (nSPS) is 11.5. The fraction of sp³-hybridized carbons (Fsp3) is 0.0769. The molecular weight excluding hydrogens is 246 g/mol. The lowest BCUT2D eigenvalue weighted by Gasteiger charge is -2.03. The van der Waals surface area contributed by atoms with Crippen molar-refractivity contribution in [3.63, 3.8) is 0 Å². The van der Waals surface area contributed by atoms with Gasteiger partial charge in [0.05, 0.1) is 0 Å². The van der Waals surface area contributed by atoms with Crippen LogP contribution < -0.4 is 5.73 Å². The van der Waals surface area contributed by atoms with E-state index in [9.17, 15) is 0 Å². The van der Waals surface area contributed by atoms with Crippen LogP contribution in [0.5, 0.6) is 0 Å². The summed E-state index contributed by atoms with van der Waals surface area (Å²) < 4.78 is 0. The van der Waals surface area contributed by atoms with E-state index in [0.29, 0.717) is 5.69 Å². The summed E-state index contributed by atoms with van der Waals surface area (Å²) in [7, 11) is 0. The van der Waals surface area contributed by atoms with Gasteiger partial charge in [0.15, 0.2) is 5.84 Å². The SMILES string of the molecule is Cc1cccc(Sc2ccc(/C(N)=N/O)nc2)c1. The van der Waals surface area contributed by atoms with Crippen LogP contribution >= 0.6 is 11.8 Å². The second-order valence-corrected chi connectivity index (χ2v) is 4.93. The van der Waals surface area contributed by atoms with Crippen molar-refractivity contribution in [1.82, 2.24) is 4.98 Å². The van der Waals surface area contributed by atoms with E-state index in [-0.39, 0.29) is 5.84 Å². The number of rotatable bonds is 3. The Morgan fingerprint density at radius 2 is 2.11 bits per heavy atom. The first-order valence-electron chi connectivity index (χ1n) is 5.37. The van der Waals surface area contributed by atoms with Crippen LogP contribution in [0.3, 0.4) is 0 Å². The van der Waals surface area contributed by atoms with Crippen molar-refractivity contribution in [3.05, 3.63) is 53.9 Å².